The molecule has 0 spiro atoms. The molecule has 1 atom stereocenters. The Balaban J connectivity index is 1.64. The summed E-state index contributed by atoms with van der Waals surface area (Å²) in [6.45, 7) is 9.18. The third-order valence-corrected chi connectivity index (χ3v) is 4.34. The highest BCUT2D eigenvalue weighted by atomic mass is 16.3. The van der Waals surface area contributed by atoms with Gasteiger partial charge in [-0.25, -0.2) is 0 Å². The van der Waals surface area contributed by atoms with Gasteiger partial charge >= 0.3 is 0 Å². The van der Waals surface area contributed by atoms with Crippen LogP contribution in [0.25, 0.3) is 0 Å². The van der Waals surface area contributed by atoms with Crippen LogP contribution in [0.15, 0.2) is 0 Å². The Bertz CT molecular complexity index is 295. The first kappa shape index (κ1) is 15.7. The molecule has 1 unspecified atom stereocenters. The van der Waals surface area contributed by atoms with Gasteiger partial charge in [0.2, 0.25) is 5.91 Å². The Hall–Kier alpha value is -0.650. The van der Waals surface area contributed by atoms with E-state index in [1.54, 1.807) is 0 Å². The molecule has 0 aromatic carbocycles. The van der Waals surface area contributed by atoms with E-state index >= 15 is 0 Å². The molecule has 2 rings (SSSR count). The number of aliphatic hydroxyl groups excluding tert-OH is 1. The topological polar surface area (TPSA) is 47.0 Å². The van der Waals surface area contributed by atoms with Crippen LogP contribution in [-0.4, -0.2) is 84.2 Å². The van der Waals surface area contributed by atoms with Crippen molar-refractivity contribution in [1.82, 2.24) is 14.7 Å². The molecule has 2 saturated heterocycles. The Morgan fingerprint density at radius 3 is 2.25 bits per heavy atom. The zero-order valence-corrected chi connectivity index (χ0v) is 12.8. The van der Waals surface area contributed by atoms with Gasteiger partial charge < -0.3 is 14.9 Å². The van der Waals surface area contributed by atoms with E-state index in [-0.39, 0.29) is 6.10 Å². The van der Waals surface area contributed by atoms with Crippen molar-refractivity contribution in [2.24, 2.45) is 0 Å². The number of aliphatic hydroxyl groups is 1. The van der Waals surface area contributed by atoms with Crippen molar-refractivity contribution in [3.63, 3.8) is 0 Å². The molecule has 1 amide bonds. The maximum atomic E-state index is 12.2. The number of carbonyl (C=O) groups excluding carboxylic acids is 1. The minimum Gasteiger partial charge on any atom is -0.392 e. The highest BCUT2D eigenvalue weighted by Crippen LogP contribution is 2.10. The highest BCUT2D eigenvalue weighted by molar-refractivity contribution is 5.76. The zero-order valence-electron chi connectivity index (χ0n) is 12.8. The standard InChI is InChI=1S/C15H29N3O2/c1-14(19)13-17-9-11-18(12-10-17)15(20)5-8-16-6-3-2-4-7-16/h14,19H,2-13H2,1H3. The number of hydrogen-bond donors (Lipinski definition) is 1. The van der Waals surface area contributed by atoms with Crippen LogP contribution in [-0.2, 0) is 4.79 Å². The van der Waals surface area contributed by atoms with Gasteiger partial charge in [-0.05, 0) is 32.9 Å². The molecule has 0 aromatic rings. The summed E-state index contributed by atoms with van der Waals surface area (Å²) in [4.78, 5) is 18.8. The van der Waals surface area contributed by atoms with Crippen molar-refractivity contribution >= 4 is 5.91 Å². The van der Waals surface area contributed by atoms with Crippen LogP contribution < -0.4 is 0 Å². The van der Waals surface area contributed by atoms with Crippen molar-refractivity contribution in [1.29, 1.82) is 0 Å². The van der Waals surface area contributed by atoms with Crippen molar-refractivity contribution in [3.05, 3.63) is 0 Å². The van der Waals surface area contributed by atoms with Crippen LogP contribution >= 0.6 is 0 Å². The number of nitrogens with zero attached hydrogens (tertiary/aromatic N) is 3. The maximum Gasteiger partial charge on any atom is 0.223 e. The lowest BCUT2D eigenvalue weighted by Crippen LogP contribution is -2.50. The monoisotopic (exact) mass is 283 g/mol. The minimum absolute atomic E-state index is 0.281. The molecule has 2 fully saturated rings. The number of carbonyl (C=O) groups is 1. The summed E-state index contributed by atoms with van der Waals surface area (Å²) in [7, 11) is 0. The molecule has 116 valence electrons. The van der Waals surface area contributed by atoms with E-state index in [0.29, 0.717) is 12.3 Å². The summed E-state index contributed by atoms with van der Waals surface area (Å²) in [6.07, 6.45) is 4.29. The smallest absolute Gasteiger partial charge is 0.223 e. The first-order chi connectivity index (χ1) is 9.65. The van der Waals surface area contributed by atoms with E-state index < -0.39 is 0 Å². The quantitative estimate of drug-likeness (QED) is 0.793. The summed E-state index contributed by atoms with van der Waals surface area (Å²) in [5.41, 5.74) is 0. The average Bonchev–Trinajstić information content (AvgIpc) is 2.46. The Morgan fingerprint density at radius 2 is 1.65 bits per heavy atom. The zero-order chi connectivity index (χ0) is 14.4. The fourth-order valence-electron chi connectivity index (χ4n) is 3.15. The van der Waals surface area contributed by atoms with Crippen LogP contribution in [0.2, 0.25) is 0 Å². The third-order valence-electron chi connectivity index (χ3n) is 4.34. The molecule has 0 aliphatic carbocycles. The van der Waals surface area contributed by atoms with Gasteiger partial charge in [0.25, 0.3) is 0 Å². The lowest BCUT2D eigenvalue weighted by Gasteiger charge is -2.35. The van der Waals surface area contributed by atoms with Crippen LogP contribution in [0.1, 0.15) is 32.6 Å². The van der Waals surface area contributed by atoms with Gasteiger partial charge in [-0.15, -0.1) is 0 Å². The SMILES string of the molecule is CC(O)CN1CCN(C(=O)CCN2CCCCC2)CC1. The lowest BCUT2D eigenvalue weighted by molar-refractivity contribution is -0.133. The number of rotatable bonds is 5. The molecule has 5 nitrogen and oxygen atoms in total. The summed E-state index contributed by atoms with van der Waals surface area (Å²) >= 11 is 0. The van der Waals surface area contributed by atoms with Crippen LogP contribution in [0.3, 0.4) is 0 Å². The first-order valence-electron chi connectivity index (χ1n) is 8.05. The minimum atomic E-state index is -0.281. The number of hydrogen-bond acceptors (Lipinski definition) is 4. The van der Waals surface area contributed by atoms with Crippen molar-refractivity contribution < 1.29 is 9.90 Å². The Labute approximate surface area is 122 Å². The predicted octanol–water partition coefficient (Wildman–Crippen LogP) is 0.387. The molecule has 5 heteroatoms. The van der Waals surface area contributed by atoms with Crippen LogP contribution in [0.5, 0.6) is 0 Å². The van der Waals surface area contributed by atoms with Gasteiger partial charge in [-0.3, -0.25) is 9.69 Å². The number of piperidine rings is 1. The van der Waals surface area contributed by atoms with Gasteiger partial charge in [-0.1, -0.05) is 6.42 Å². The summed E-state index contributed by atoms with van der Waals surface area (Å²) in [5, 5.41) is 9.38. The van der Waals surface area contributed by atoms with Crippen molar-refractivity contribution in [2.45, 2.75) is 38.7 Å². The van der Waals surface area contributed by atoms with Crippen LogP contribution in [0.4, 0.5) is 0 Å². The van der Waals surface area contributed by atoms with Gasteiger partial charge in [0.05, 0.1) is 6.10 Å². The number of piperazine rings is 1. The molecule has 1 N–H and O–H groups in total. The van der Waals surface area contributed by atoms with E-state index in [9.17, 15) is 9.90 Å². The van der Waals surface area contributed by atoms with Gasteiger partial charge in [0, 0.05) is 45.7 Å². The second kappa shape index (κ2) is 7.96. The van der Waals surface area contributed by atoms with E-state index in [0.717, 1.165) is 52.4 Å². The first-order valence-corrected chi connectivity index (χ1v) is 8.05. The van der Waals surface area contributed by atoms with E-state index in [1.165, 1.54) is 19.3 Å². The predicted molar refractivity (Wildman–Crippen MR) is 79.6 cm³/mol. The molecule has 2 aliphatic heterocycles. The van der Waals surface area contributed by atoms with Gasteiger partial charge in [0.1, 0.15) is 0 Å². The Kier molecular flexibility index (Phi) is 6.26. The Morgan fingerprint density at radius 1 is 1.00 bits per heavy atom. The summed E-state index contributed by atoms with van der Waals surface area (Å²) < 4.78 is 0. The van der Waals surface area contributed by atoms with Crippen LogP contribution in [0, 0.1) is 0 Å². The molecule has 2 aliphatic rings. The average molecular weight is 283 g/mol. The molecule has 0 radical (unpaired) electrons. The summed E-state index contributed by atoms with van der Waals surface area (Å²) in [6, 6.07) is 0. The molecule has 0 bridgehead atoms. The molecule has 0 aromatic heterocycles. The largest absolute Gasteiger partial charge is 0.392 e. The molecule has 2 heterocycles. The second-order valence-electron chi connectivity index (χ2n) is 6.18. The van der Waals surface area contributed by atoms with Crippen molar-refractivity contribution in [2.75, 3.05) is 52.4 Å². The normalized spacial score (nSPS) is 23.8. The van der Waals surface area contributed by atoms with Crippen molar-refractivity contribution in [3.8, 4) is 0 Å². The molecular weight excluding hydrogens is 254 g/mol. The lowest BCUT2D eigenvalue weighted by atomic mass is 10.1. The van der Waals surface area contributed by atoms with Gasteiger partial charge in [0.15, 0.2) is 0 Å². The maximum absolute atomic E-state index is 12.2. The van der Waals surface area contributed by atoms with Gasteiger partial charge in [-0.2, -0.15) is 0 Å². The molecule has 0 saturated carbocycles. The number of β-amino-alcohol motifs (C(OH)–C–C–N with tert-alkyl or cyclic N) is 1. The highest BCUT2D eigenvalue weighted by Gasteiger charge is 2.22. The van der Waals surface area contributed by atoms with E-state index in [4.69, 9.17) is 0 Å². The third kappa shape index (κ3) is 5.04. The number of amides is 1. The fraction of sp³-hybridized carbons (Fsp3) is 0.933. The number of likely N-dealkylation sites (tertiary alicyclic amines) is 1. The molecular formula is C15H29N3O2. The van der Waals surface area contributed by atoms with E-state index in [1.807, 2.05) is 11.8 Å². The fourth-order valence-corrected chi connectivity index (χ4v) is 3.15. The second-order valence-corrected chi connectivity index (χ2v) is 6.18. The van der Waals surface area contributed by atoms with E-state index in [2.05, 4.69) is 9.80 Å². The molecule has 20 heavy (non-hydrogen) atoms. The summed E-state index contributed by atoms with van der Waals surface area (Å²) in [5.74, 6) is 0.298.